The number of carbonyl (C=O) groups is 1. The molecule has 0 fully saturated rings. The third kappa shape index (κ3) is 3.68. The number of benzene rings is 1. The summed E-state index contributed by atoms with van der Waals surface area (Å²) in [7, 11) is 0. The van der Waals surface area contributed by atoms with Gasteiger partial charge in [0.1, 0.15) is 5.82 Å². The Morgan fingerprint density at radius 2 is 2.08 bits per heavy atom. The molecule has 0 bridgehead atoms. The Kier molecular flexibility index (Phi) is 4.50. The van der Waals surface area contributed by atoms with Gasteiger partial charge in [0.25, 0.3) is 11.6 Å². The summed E-state index contributed by atoms with van der Waals surface area (Å²) in [6.45, 7) is 2.62. The minimum atomic E-state index is -0.513. The van der Waals surface area contributed by atoms with Crippen molar-refractivity contribution >= 4 is 28.3 Å². The fraction of sp³-hybridized carbons (Fsp3) is 0.200. The van der Waals surface area contributed by atoms with Gasteiger partial charge in [-0.2, -0.15) is 10.2 Å². The highest BCUT2D eigenvalue weighted by Crippen LogP contribution is 2.21. The quantitative estimate of drug-likeness (QED) is 0.350. The molecule has 1 amide bonds. The molecule has 0 aliphatic heterocycles. The first-order valence-corrected chi connectivity index (χ1v) is 7.49. The summed E-state index contributed by atoms with van der Waals surface area (Å²) in [5, 5.41) is 31.5. The van der Waals surface area contributed by atoms with Gasteiger partial charge in [-0.15, -0.1) is 5.10 Å². The number of anilines is 1. The number of hydrogen-bond acceptors (Lipinski definition) is 7. The topological polar surface area (TPSA) is 139 Å². The number of nitro benzene ring substituents is 1. The number of H-pyrrole nitrogens is 1. The minimum absolute atomic E-state index is 0.0948. The van der Waals surface area contributed by atoms with Crippen LogP contribution in [0.1, 0.15) is 16.2 Å². The molecule has 2 heterocycles. The summed E-state index contributed by atoms with van der Waals surface area (Å²) in [4.78, 5) is 22.6. The third-order valence-electron chi connectivity index (χ3n) is 3.49. The van der Waals surface area contributed by atoms with Gasteiger partial charge in [0.2, 0.25) is 0 Å². The van der Waals surface area contributed by atoms with Crippen LogP contribution in [-0.2, 0) is 0 Å². The van der Waals surface area contributed by atoms with E-state index in [0.29, 0.717) is 29.8 Å². The summed E-state index contributed by atoms with van der Waals surface area (Å²) >= 11 is 0. The van der Waals surface area contributed by atoms with Crippen LogP contribution in [-0.4, -0.2) is 44.3 Å². The molecule has 3 rings (SSSR count). The Balaban J connectivity index is 1.61. The smallest absolute Gasteiger partial charge is 0.272 e. The normalized spacial score (nSPS) is 10.6. The molecule has 25 heavy (non-hydrogen) atoms. The van der Waals surface area contributed by atoms with Gasteiger partial charge in [-0.05, 0) is 25.1 Å². The molecule has 10 nitrogen and oxygen atoms in total. The number of hydrogen-bond donors (Lipinski definition) is 3. The van der Waals surface area contributed by atoms with E-state index in [-0.39, 0.29) is 11.4 Å². The van der Waals surface area contributed by atoms with E-state index in [2.05, 4.69) is 31.0 Å². The highest BCUT2D eigenvalue weighted by molar-refractivity contribution is 6.05. The molecule has 0 unspecified atom stereocenters. The fourth-order valence-electron chi connectivity index (χ4n) is 2.23. The number of aromatic nitrogens is 4. The number of non-ortho nitro benzene ring substituents is 1. The summed E-state index contributed by atoms with van der Waals surface area (Å²) in [6, 6.07) is 7.83. The molecule has 1 aromatic carbocycles. The van der Waals surface area contributed by atoms with E-state index in [9.17, 15) is 14.9 Å². The number of aromatic amines is 1. The lowest BCUT2D eigenvalue weighted by Crippen LogP contribution is -2.29. The van der Waals surface area contributed by atoms with Crippen molar-refractivity contribution in [3.05, 3.63) is 51.8 Å². The summed E-state index contributed by atoms with van der Waals surface area (Å²) in [5.41, 5.74) is 1.40. The Bertz CT molecular complexity index is 921. The first-order chi connectivity index (χ1) is 12.0. The number of nitrogens with one attached hydrogen (secondary N) is 3. The van der Waals surface area contributed by atoms with E-state index in [1.165, 1.54) is 18.2 Å². The SMILES string of the molecule is Cc1ccc(NCCNC(=O)c2n[nH]c3ccc([N+](=O)[O-])cc23)nn1. The van der Waals surface area contributed by atoms with Crippen molar-refractivity contribution in [2.24, 2.45) is 0 Å². The predicted octanol–water partition coefficient (Wildman–Crippen LogP) is 1.41. The van der Waals surface area contributed by atoms with Crippen molar-refractivity contribution in [3.63, 3.8) is 0 Å². The van der Waals surface area contributed by atoms with Gasteiger partial charge in [-0.1, -0.05) is 0 Å². The van der Waals surface area contributed by atoms with E-state index in [1.54, 1.807) is 6.07 Å². The number of aryl methyl sites for hydroxylation is 1. The molecule has 3 N–H and O–H groups in total. The lowest BCUT2D eigenvalue weighted by molar-refractivity contribution is -0.384. The van der Waals surface area contributed by atoms with Gasteiger partial charge in [0.05, 0.1) is 16.1 Å². The minimum Gasteiger partial charge on any atom is -0.367 e. The van der Waals surface area contributed by atoms with Crippen molar-refractivity contribution in [1.82, 2.24) is 25.7 Å². The summed E-state index contributed by atoms with van der Waals surface area (Å²) < 4.78 is 0. The van der Waals surface area contributed by atoms with Crippen LogP contribution in [0.3, 0.4) is 0 Å². The van der Waals surface area contributed by atoms with Gasteiger partial charge in [-0.3, -0.25) is 20.0 Å². The molecular weight excluding hydrogens is 326 g/mol. The molecule has 2 aromatic heterocycles. The third-order valence-corrected chi connectivity index (χ3v) is 3.49. The molecule has 3 aromatic rings. The molecule has 0 aliphatic carbocycles. The fourth-order valence-corrected chi connectivity index (χ4v) is 2.23. The van der Waals surface area contributed by atoms with Gasteiger partial charge in [-0.25, -0.2) is 0 Å². The molecule has 128 valence electrons. The van der Waals surface area contributed by atoms with E-state index in [4.69, 9.17) is 0 Å². The van der Waals surface area contributed by atoms with Crippen LogP contribution in [0.2, 0.25) is 0 Å². The summed E-state index contributed by atoms with van der Waals surface area (Å²) in [6.07, 6.45) is 0. The average molecular weight is 341 g/mol. The van der Waals surface area contributed by atoms with Gasteiger partial charge in [0.15, 0.2) is 5.69 Å². The lowest BCUT2D eigenvalue weighted by Gasteiger charge is -2.06. The van der Waals surface area contributed by atoms with Crippen LogP contribution in [0.25, 0.3) is 10.9 Å². The molecule has 0 spiro atoms. The number of nitro groups is 1. The van der Waals surface area contributed by atoms with Crippen LogP contribution in [0.4, 0.5) is 11.5 Å². The second kappa shape index (κ2) is 6.91. The lowest BCUT2D eigenvalue weighted by atomic mass is 10.2. The van der Waals surface area contributed by atoms with Gasteiger partial charge < -0.3 is 10.6 Å². The van der Waals surface area contributed by atoms with Crippen molar-refractivity contribution < 1.29 is 9.72 Å². The van der Waals surface area contributed by atoms with Gasteiger partial charge in [0, 0.05) is 30.6 Å². The maximum atomic E-state index is 12.2. The van der Waals surface area contributed by atoms with Gasteiger partial charge >= 0.3 is 0 Å². The zero-order valence-electron chi connectivity index (χ0n) is 13.3. The number of nitrogens with zero attached hydrogens (tertiary/aromatic N) is 4. The molecule has 10 heteroatoms. The second-order valence-corrected chi connectivity index (χ2v) is 5.30. The largest absolute Gasteiger partial charge is 0.367 e. The second-order valence-electron chi connectivity index (χ2n) is 5.30. The van der Waals surface area contributed by atoms with Crippen molar-refractivity contribution in [3.8, 4) is 0 Å². The van der Waals surface area contributed by atoms with E-state index >= 15 is 0 Å². The predicted molar refractivity (Wildman–Crippen MR) is 90.3 cm³/mol. The maximum absolute atomic E-state index is 12.2. The Morgan fingerprint density at radius 1 is 1.24 bits per heavy atom. The Hall–Kier alpha value is -3.56. The van der Waals surface area contributed by atoms with E-state index in [1.807, 2.05) is 13.0 Å². The number of rotatable bonds is 6. The van der Waals surface area contributed by atoms with Crippen molar-refractivity contribution in [1.29, 1.82) is 0 Å². The maximum Gasteiger partial charge on any atom is 0.272 e. The molecule has 0 radical (unpaired) electrons. The average Bonchev–Trinajstić information content (AvgIpc) is 3.03. The van der Waals surface area contributed by atoms with E-state index < -0.39 is 10.8 Å². The van der Waals surface area contributed by atoms with Crippen LogP contribution in [0, 0.1) is 17.0 Å². The molecule has 0 atom stereocenters. The monoisotopic (exact) mass is 341 g/mol. The Morgan fingerprint density at radius 3 is 2.80 bits per heavy atom. The van der Waals surface area contributed by atoms with Crippen LogP contribution >= 0.6 is 0 Å². The van der Waals surface area contributed by atoms with Crippen LogP contribution < -0.4 is 10.6 Å². The standard InChI is InChI=1S/C15H15N7O3/c1-9-2-5-13(20-18-9)16-6-7-17-15(23)14-11-8-10(22(24)25)3-4-12(11)19-21-14/h2-5,8H,6-7H2,1H3,(H,16,20)(H,17,23)(H,19,21). The highest BCUT2D eigenvalue weighted by atomic mass is 16.6. The zero-order valence-corrected chi connectivity index (χ0v) is 13.3. The van der Waals surface area contributed by atoms with Crippen molar-refractivity contribution in [2.45, 2.75) is 6.92 Å². The first-order valence-electron chi connectivity index (χ1n) is 7.49. The van der Waals surface area contributed by atoms with Crippen molar-refractivity contribution in [2.75, 3.05) is 18.4 Å². The van der Waals surface area contributed by atoms with Crippen LogP contribution in [0.15, 0.2) is 30.3 Å². The number of fused-ring (bicyclic) bond motifs is 1. The van der Waals surface area contributed by atoms with Crippen LogP contribution in [0.5, 0.6) is 0 Å². The molecular formula is C15H15N7O3. The molecule has 0 saturated carbocycles. The first kappa shape index (κ1) is 16.3. The summed E-state index contributed by atoms with van der Waals surface area (Å²) in [5.74, 6) is 0.198. The Labute approximate surface area is 141 Å². The van der Waals surface area contributed by atoms with E-state index in [0.717, 1.165) is 5.69 Å². The number of amides is 1. The number of carbonyl (C=O) groups excluding carboxylic acids is 1. The zero-order chi connectivity index (χ0) is 17.8. The molecule has 0 saturated heterocycles. The highest BCUT2D eigenvalue weighted by Gasteiger charge is 2.16. The molecule has 0 aliphatic rings.